The molecular weight excluding hydrogens is 586 g/mol. The average molecular weight is 626 g/mol. The molecule has 2 N–H and O–H groups in total. The number of benzene rings is 1. The fourth-order valence-electron chi connectivity index (χ4n) is 8.95. The Kier molecular flexibility index (Phi) is 6.74. The van der Waals surface area contributed by atoms with E-state index in [2.05, 4.69) is 4.90 Å². The van der Waals surface area contributed by atoms with Gasteiger partial charge in [-0.05, 0) is 80.5 Å². The summed E-state index contributed by atoms with van der Waals surface area (Å²) in [5, 5.41) is 24.7. The molecule has 2 aliphatic heterocycles. The van der Waals surface area contributed by atoms with E-state index in [4.69, 9.17) is 13.6 Å². The van der Waals surface area contributed by atoms with Gasteiger partial charge in [0, 0.05) is 55.5 Å². The summed E-state index contributed by atoms with van der Waals surface area (Å²) in [5.41, 5.74) is 1.06. The first-order chi connectivity index (χ1) is 22.2. The van der Waals surface area contributed by atoms with Crippen LogP contribution in [0.2, 0.25) is 0 Å². The van der Waals surface area contributed by atoms with Gasteiger partial charge < -0.3 is 33.6 Å². The van der Waals surface area contributed by atoms with Crippen LogP contribution >= 0.6 is 0 Å². The van der Waals surface area contributed by atoms with E-state index in [1.807, 2.05) is 6.07 Å². The van der Waals surface area contributed by atoms with Gasteiger partial charge >= 0.3 is 0 Å². The number of aromatic hydroxyl groups is 1. The molecule has 4 heterocycles. The number of piperidine rings is 1. The number of nitrogens with zero attached hydrogens (tertiary/aromatic N) is 3. The lowest BCUT2D eigenvalue weighted by Crippen LogP contribution is -2.84. The van der Waals surface area contributed by atoms with Gasteiger partial charge in [-0.2, -0.15) is 0 Å². The van der Waals surface area contributed by atoms with Gasteiger partial charge in [-0.3, -0.25) is 14.5 Å². The predicted molar refractivity (Wildman–Crippen MR) is 169 cm³/mol. The Bertz CT molecular complexity index is 1710. The molecule has 6 atom stereocenters. The van der Waals surface area contributed by atoms with Crippen LogP contribution < -0.4 is 4.74 Å². The summed E-state index contributed by atoms with van der Waals surface area (Å²) in [6, 6.07) is 5.76. The number of ether oxygens (including phenoxy) is 1. The molecule has 2 saturated carbocycles. The second-order valence-electron chi connectivity index (χ2n) is 13.7. The van der Waals surface area contributed by atoms with Crippen LogP contribution in [0.1, 0.15) is 47.9 Å². The van der Waals surface area contributed by atoms with Gasteiger partial charge in [0.2, 0.25) is 11.8 Å². The lowest BCUT2D eigenvalue weighted by molar-refractivity contribution is -0.229. The molecule has 2 aromatic heterocycles. The highest BCUT2D eigenvalue weighted by atomic mass is 16.5. The summed E-state index contributed by atoms with van der Waals surface area (Å²) < 4.78 is 17.1. The van der Waals surface area contributed by atoms with Gasteiger partial charge in [-0.25, -0.2) is 0 Å². The maximum Gasteiger partial charge on any atom is 0.246 e. The molecule has 3 aliphatic carbocycles. The van der Waals surface area contributed by atoms with Crippen molar-refractivity contribution in [3.05, 3.63) is 83.7 Å². The van der Waals surface area contributed by atoms with Crippen LogP contribution in [0.3, 0.4) is 0 Å². The highest BCUT2D eigenvalue weighted by molar-refractivity contribution is 5.93. The minimum atomic E-state index is -1.41. The fourth-order valence-corrected chi connectivity index (χ4v) is 8.95. The predicted octanol–water partition coefficient (Wildman–Crippen LogP) is 3.83. The van der Waals surface area contributed by atoms with Crippen LogP contribution in [-0.2, 0) is 21.4 Å². The van der Waals surface area contributed by atoms with Crippen molar-refractivity contribution in [3.8, 4) is 11.5 Å². The molecule has 3 aromatic rings. The number of likely N-dealkylation sites (tertiary alicyclic amines) is 1. The smallest absolute Gasteiger partial charge is 0.246 e. The van der Waals surface area contributed by atoms with Crippen molar-refractivity contribution in [2.75, 3.05) is 27.2 Å². The summed E-state index contributed by atoms with van der Waals surface area (Å²) in [7, 11) is 3.50. The van der Waals surface area contributed by atoms with Crippen LogP contribution in [0.4, 0.5) is 0 Å². The van der Waals surface area contributed by atoms with Gasteiger partial charge in [0.05, 0.1) is 42.6 Å². The number of furan rings is 2. The Labute approximate surface area is 267 Å². The topological polar surface area (TPSA) is 120 Å². The fraction of sp³-hybridized carbons (Fsp3) is 0.444. The maximum atomic E-state index is 13.9. The summed E-state index contributed by atoms with van der Waals surface area (Å²) in [5.74, 6) is 0.547. The minimum Gasteiger partial charge on any atom is -0.504 e. The quantitative estimate of drug-likeness (QED) is 0.363. The van der Waals surface area contributed by atoms with Gasteiger partial charge in [0.15, 0.2) is 11.5 Å². The van der Waals surface area contributed by atoms with Crippen LogP contribution in [0.25, 0.3) is 12.2 Å². The Morgan fingerprint density at radius 1 is 1.00 bits per heavy atom. The molecule has 2 bridgehead atoms. The number of hydrogen-bond donors (Lipinski definition) is 2. The Morgan fingerprint density at radius 3 is 2.30 bits per heavy atom. The van der Waals surface area contributed by atoms with Crippen molar-refractivity contribution in [3.63, 3.8) is 0 Å². The zero-order valence-corrected chi connectivity index (χ0v) is 26.0. The van der Waals surface area contributed by atoms with E-state index in [9.17, 15) is 19.8 Å². The number of amides is 2. The summed E-state index contributed by atoms with van der Waals surface area (Å²) in [4.78, 5) is 33.4. The Balaban J connectivity index is 1.24. The highest BCUT2D eigenvalue weighted by Crippen LogP contribution is 2.66. The number of aliphatic hydroxyl groups is 1. The summed E-state index contributed by atoms with van der Waals surface area (Å²) in [6.45, 7) is 1.66. The zero-order valence-electron chi connectivity index (χ0n) is 26.0. The van der Waals surface area contributed by atoms with Gasteiger partial charge in [-0.1, -0.05) is 6.07 Å². The minimum absolute atomic E-state index is 0.0281. The van der Waals surface area contributed by atoms with Crippen LogP contribution in [0.15, 0.2) is 70.3 Å². The maximum absolute atomic E-state index is 13.9. The van der Waals surface area contributed by atoms with E-state index in [1.54, 1.807) is 79.3 Å². The lowest BCUT2D eigenvalue weighted by atomic mass is 9.46. The number of likely N-dealkylation sites (N-methyl/N-ethyl adjacent to an activating group) is 2. The second kappa shape index (κ2) is 10.6. The molecule has 5 aliphatic rings. The number of rotatable bonds is 8. The monoisotopic (exact) mass is 625 g/mol. The second-order valence-corrected chi connectivity index (χ2v) is 13.7. The van der Waals surface area contributed by atoms with Gasteiger partial charge in [0.25, 0.3) is 0 Å². The summed E-state index contributed by atoms with van der Waals surface area (Å²) >= 11 is 0. The van der Waals surface area contributed by atoms with Crippen molar-refractivity contribution in [2.45, 2.75) is 67.3 Å². The van der Waals surface area contributed by atoms with Crippen molar-refractivity contribution in [1.29, 1.82) is 0 Å². The van der Waals surface area contributed by atoms with Crippen molar-refractivity contribution in [1.82, 2.24) is 14.7 Å². The molecule has 1 saturated heterocycles. The molecule has 2 amide bonds. The van der Waals surface area contributed by atoms with E-state index < -0.39 is 29.2 Å². The van der Waals surface area contributed by atoms with E-state index in [-0.39, 0.29) is 23.6 Å². The lowest BCUT2D eigenvalue weighted by Gasteiger charge is -2.68. The molecule has 3 fully saturated rings. The third kappa shape index (κ3) is 4.23. The molecular formula is C36H39N3O7. The highest BCUT2D eigenvalue weighted by Gasteiger charge is 2.77. The number of carbonyl (C=O) groups is 2. The van der Waals surface area contributed by atoms with Crippen molar-refractivity contribution < 1.29 is 33.4 Å². The first-order valence-electron chi connectivity index (χ1n) is 16.1. The Hall–Kier alpha value is -4.28. The van der Waals surface area contributed by atoms with Gasteiger partial charge in [0.1, 0.15) is 11.7 Å². The van der Waals surface area contributed by atoms with Crippen molar-refractivity contribution in [2.24, 2.45) is 5.92 Å². The summed E-state index contributed by atoms with van der Waals surface area (Å²) in [6.07, 6.45) is 15.9. The van der Waals surface area contributed by atoms with Crippen LogP contribution in [0.5, 0.6) is 11.5 Å². The molecule has 0 radical (unpaired) electrons. The first-order valence-corrected chi connectivity index (χ1v) is 16.1. The molecule has 10 heteroatoms. The van der Waals surface area contributed by atoms with Crippen LogP contribution in [0, 0.1) is 5.92 Å². The SMILES string of the molecule is CN(C(=O)/C=C/c1ccoc1)[C@@H]1C[C@H](N(C)C(=O)/C=C/c2ccoc2)[C@@]2(O)[C@H]3Cc4ccc(O)c5c4[C@@]2(CCN3CC2CC2)[C@H]1O5. The standard InChI is InChI=1S/C36H39N3O7/c1-37(30(41)9-5-23-11-15-44-20-23)26-18-28(38(2)31(42)10-6-24-12-16-45-21-24)36(43)29-17-25-7-8-27(40)33-32(25)35(36,34(26)46-33)13-14-39(29)19-22-3-4-22/h5-12,15-16,20-22,26,28-29,34,40,43H,3-4,13-14,17-19H2,1-2H3/b9-5+,10-6+/t26-,28+,29-,34+,35+,36-/m1/s1. The number of phenolic OH excluding ortho intramolecular Hbond substituents is 1. The van der Waals surface area contributed by atoms with Crippen LogP contribution in [-0.4, -0.2) is 93.7 Å². The number of phenols is 1. The molecule has 240 valence electrons. The first kappa shape index (κ1) is 29.1. The molecule has 8 rings (SSSR count). The molecule has 10 nitrogen and oxygen atoms in total. The van der Waals surface area contributed by atoms with E-state index in [0.29, 0.717) is 30.9 Å². The van der Waals surface area contributed by atoms with E-state index >= 15 is 0 Å². The third-order valence-electron chi connectivity index (χ3n) is 11.4. The third-order valence-corrected chi connectivity index (χ3v) is 11.4. The average Bonchev–Trinajstić information content (AvgIpc) is 3.40. The largest absolute Gasteiger partial charge is 0.504 e. The zero-order chi connectivity index (χ0) is 31.8. The van der Waals surface area contributed by atoms with E-state index in [1.165, 1.54) is 25.0 Å². The molecule has 46 heavy (non-hydrogen) atoms. The number of hydrogen-bond acceptors (Lipinski definition) is 8. The van der Waals surface area contributed by atoms with Crippen molar-refractivity contribution >= 4 is 24.0 Å². The molecule has 0 unspecified atom stereocenters. The van der Waals surface area contributed by atoms with Gasteiger partial charge in [-0.15, -0.1) is 0 Å². The normalized spacial score (nSPS) is 31.2. The van der Waals surface area contributed by atoms with E-state index in [0.717, 1.165) is 35.3 Å². The Morgan fingerprint density at radius 2 is 1.67 bits per heavy atom. The molecule has 1 spiro atoms. The molecule has 1 aromatic carbocycles. The number of carbonyl (C=O) groups excluding carboxylic acids is 2.